The van der Waals surface area contributed by atoms with Crippen LogP contribution in [-0.2, 0) is 15.6 Å². The molecular weight excluding hydrogens is 448 g/mol. The number of aryl methyl sites for hydroxylation is 1. The molecule has 1 saturated carbocycles. The Labute approximate surface area is 193 Å². The molecule has 10 heteroatoms. The number of sulfone groups is 1. The van der Waals surface area contributed by atoms with Crippen molar-refractivity contribution in [2.24, 2.45) is 5.92 Å². The summed E-state index contributed by atoms with van der Waals surface area (Å²) in [6.07, 6.45) is 5.03. The first-order valence-electron chi connectivity index (χ1n) is 10.7. The van der Waals surface area contributed by atoms with E-state index in [0.29, 0.717) is 34.1 Å². The summed E-state index contributed by atoms with van der Waals surface area (Å²) in [7, 11) is -3.56. The number of hydrogen-bond donors (Lipinski definition) is 0. The maximum Gasteiger partial charge on any atom is 0.182 e. The van der Waals surface area contributed by atoms with E-state index in [1.807, 2.05) is 36.6 Å². The second-order valence-corrected chi connectivity index (χ2v) is 11.5. The maximum atomic E-state index is 13.4. The fourth-order valence-corrected chi connectivity index (χ4v) is 5.70. The van der Waals surface area contributed by atoms with E-state index in [9.17, 15) is 8.42 Å². The zero-order valence-corrected chi connectivity index (χ0v) is 20.2. The van der Waals surface area contributed by atoms with Crippen molar-refractivity contribution in [3.63, 3.8) is 0 Å². The molecule has 0 saturated heterocycles. The Morgan fingerprint density at radius 1 is 1.16 bits per heavy atom. The first-order valence-corrected chi connectivity index (χ1v) is 12.8. The Balaban J connectivity index is 1.66. The van der Waals surface area contributed by atoms with Crippen molar-refractivity contribution in [2.75, 3.05) is 0 Å². The SMILES string of the molecule is Cc1cccc(-c2nnc(CS(=O)(=O)[C@@H](C)[C@H](C)c3ncc(Cl)cn3)n2[C@@H]2CC[C@H]2C)n1. The number of hydrogen-bond acceptors (Lipinski definition) is 7. The lowest BCUT2D eigenvalue weighted by Gasteiger charge is -2.36. The van der Waals surface area contributed by atoms with Gasteiger partial charge in [-0.15, -0.1) is 10.2 Å². The van der Waals surface area contributed by atoms with Gasteiger partial charge in [0.2, 0.25) is 0 Å². The lowest BCUT2D eigenvalue weighted by atomic mass is 9.81. The maximum absolute atomic E-state index is 13.4. The average molecular weight is 475 g/mol. The molecule has 170 valence electrons. The molecule has 0 radical (unpaired) electrons. The molecule has 3 aromatic rings. The Hall–Kier alpha value is -2.39. The van der Waals surface area contributed by atoms with E-state index in [-0.39, 0.29) is 11.8 Å². The molecular formula is C22H27ClN6O2S. The van der Waals surface area contributed by atoms with Gasteiger partial charge in [-0.3, -0.25) is 0 Å². The van der Waals surface area contributed by atoms with Gasteiger partial charge in [-0.1, -0.05) is 31.5 Å². The van der Waals surface area contributed by atoms with E-state index in [2.05, 4.69) is 32.1 Å². The predicted molar refractivity (Wildman–Crippen MR) is 123 cm³/mol. The third-order valence-corrected chi connectivity index (χ3v) is 8.84. The van der Waals surface area contributed by atoms with Crippen LogP contribution in [-0.4, -0.2) is 43.4 Å². The first kappa shape index (κ1) is 22.8. The van der Waals surface area contributed by atoms with E-state index < -0.39 is 21.0 Å². The zero-order chi connectivity index (χ0) is 23.0. The fraction of sp³-hybridized carbons (Fsp3) is 0.500. The van der Waals surface area contributed by atoms with Crippen LogP contribution < -0.4 is 0 Å². The molecule has 0 N–H and O–H groups in total. The minimum Gasteiger partial charge on any atom is -0.305 e. The van der Waals surface area contributed by atoms with Gasteiger partial charge in [0, 0.05) is 30.0 Å². The van der Waals surface area contributed by atoms with Crippen molar-refractivity contribution < 1.29 is 8.42 Å². The van der Waals surface area contributed by atoms with Crippen LogP contribution in [0.1, 0.15) is 62.9 Å². The van der Waals surface area contributed by atoms with Gasteiger partial charge in [-0.25, -0.2) is 23.4 Å². The van der Waals surface area contributed by atoms with E-state index in [1.165, 1.54) is 12.4 Å². The van der Waals surface area contributed by atoms with Crippen molar-refractivity contribution in [3.8, 4) is 11.5 Å². The summed E-state index contributed by atoms with van der Waals surface area (Å²) in [5.41, 5.74) is 1.58. The molecule has 0 aliphatic heterocycles. The highest BCUT2D eigenvalue weighted by atomic mass is 35.5. The molecule has 0 amide bonds. The topological polar surface area (TPSA) is 104 Å². The highest BCUT2D eigenvalue weighted by Gasteiger charge is 2.36. The molecule has 4 atom stereocenters. The van der Waals surface area contributed by atoms with E-state index >= 15 is 0 Å². The van der Waals surface area contributed by atoms with Crippen molar-refractivity contribution in [1.82, 2.24) is 29.7 Å². The summed E-state index contributed by atoms with van der Waals surface area (Å²) in [4.78, 5) is 13.0. The van der Waals surface area contributed by atoms with Crippen molar-refractivity contribution >= 4 is 21.4 Å². The predicted octanol–water partition coefficient (Wildman–Crippen LogP) is 4.17. The van der Waals surface area contributed by atoms with Gasteiger partial charge in [0.25, 0.3) is 0 Å². The average Bonchev–Trinajstić information content (AvgIpc) is 3.14. The third-order valence-electron chi connectivity index (χ3n) is 6.44. The molecule has 32 heavy (non-hydrogen) atoms. The summed E-state index contributed by atoms with van der Waals surface area (Å²) in [5.74, 6) is 1.36. The summed E-state index contributed by atoms with van der Waals surface area (Å²) in [6.45, 7) is 7.59. The summed E-state index contributed by atoms with van der Waals surface area (Å²) in [5, 5.41) is 8.40. The highest BCUT2D eigenvalue weighted by Crippen LogP contribution is 2.41. The Kier molecular flexibility index (Phi) is 6.31. The smallest absolute Gasteiger partial charge is 0.182 e. The van der Waals surface area contributed by atoms with Crippen molar-refractivity contribution in [1.29, 1.82) is 0 Å². The summed E-state index contributed by atoms with van der Waals surface area (Å²) < 4.78 is 28.7. The molecule has 0 spiro atoms. The minimum atomic E-state index is -3.56. The molecule has 4 rings (SSSR count). The van der Waals surface area contributed by atoms with E-state index in [1.54, 1.807) is 6.92 Å². The molecule has 0 aromatic carbocycles. The van der Waals surface area contributed by atoms with Gasteiger partial charge in [0.05, 0.1) is 10.3 Å². The Morgan fingerprint density at radius 3 is 2.47 bits per heavy atom. The second-order valence-electron chi connectivity index (χ2n) is 8.66. The van der Waals surface area contributed by atoms with Crippen LogP contribution in [0.2, 0.25) is 5.02 Å². The Morgan fingerprint density at radius 2 is 1.88 bits per heavy atom. The molecule has 8 nitrogen and oxygen atoms in total. The summed E-state index contributed by atoms with van der Waals surface area (Å²) >= 11 is 5.87. The quantitative estimate of drug-likeness (QED) is 0.506. The molecule has 0 unspecified atom stereocenters. The molecule has 1 aliphatic rings. The van der Waals surface area contributed by atoms with Crippen LogP contribution in [0.25, 0.3) is 11.5 Å². The fourth-order valence-electron chi connectivity index (χ4n) is 4.04. The standard InChI is InChI=1S/C22H27ClN6O2S/c1-13-8-9-19(13)29-20(27-28-22(29)18-7-5-6-14(2)26-18)12-32(30,31)16(4)15(3)21-24-10-17(23)11-25-21/h5-7,10-11,13,15-16,19H,8-9,12H2,1-4H3/t13-,15+,16+,19-/m1/s1. The van der Waals surface area contributed by atoms with Crippen LogP contribution in [0.4, 0.5) is 0 Å². The first-order chi connectivity index (χ1) is 15.2. The molecule has 1 fully saturated rings. The van der Waals surface area contributed by atoms with Crippen LogP contribution >= 0.6 is 11.6 Å². The number of rotatable bonds is 7. The van der Waals surface area contributed by atoms with Crippen molar-refractivity contribution in [3.05, 3.63) is 53.0 Å². The van der Waals surface area contributed by atoms with Crippen molar-refractivity contribution in [2.45, 2.75) is 63.5 Å². The summed E-state index contributed by atoms with van der Waals surface area (Å²) in [6, 6.07) is 5.90. The highest BCUT2D eigenvalue weighted by molar-refractivity contribution is 7.91. The number of pyridine rings is 1. The van der Waals surface area contributed by atoms with Gasteiger partial charge >= 0.3 is 0 Å². The van der Waals surface area contributed by atoms with Crippen LogP contribution in [0.3, 0.4) is 0 Å². The van der Waals surface area contributed by atoms with Gasteiger partial charge in [-0.05, 0) is 44.7 Å². The molecule has 1 aliphatic carbocycles. The monoisotopic (exact) mass is 474 g/mol. The van der Waals surface area contributed by atoms with Crippen LogP contribution in [0.5, 0.6) is 0 Å². The van der Waals surface area contributed by atoms with E-state index in [4.69, 9.17) is 11.6 Å². The lowest BCUT2D eigenvalue weighted by Crippen LogP contribution is -2.31. The van der Waals surface area contributed by atoms with E-state index in [0.717, 1.165) is 18.5 Å². The minimum absolute atomic E-state index is 0.167. The van der Waals surface area contributed by atoms with Gasteiger partial charge in [0.1, 0.15) is 23.1 Å². The third kappa shape index (κ3) is 4.41. The van der Waals surface area contributed by atoms with Gasteiger partial charge < -0.3 is 4.57 Å². The Bertz CT molecular complexity index is 1210. The normalized spacial score (nSPS) is 20.5. The molecule has 3 aromatic heterocycles. The van der Waals surface area contributed by atoms with Gasteiger partial charge in [-0.2, -0.15) is 0 Å². The number of aromatic nitrogens is 6. The van der Waals surface area contributed by atoms with Crippen LogP contribution in [0, 0.1) is 12.8 Å². The largest absolute Gasteiger partial charge is 0.305 e. The second kappa shape index (κ2) is 8.86. The number of nitrogens with zero attached hydrogens (tertiary/aromatic N) is 6. The van der Waals surface area contributed by atoms with Crippen LogP contribution in [0.15, 0.2) is 30.6 Å². The zero-order valence-electron chi connectivity index (χ0n) is 18.6. The number of halogens is 1. The van der Waals surface area contributed by atoms with Gasteiger partial charge in [0.15, 0.2) is 15.7 Å². The lowest BCUT2D eigenvalue weighted by molar-refractivity contribution is 0.199. The molecule has 3 heterocycles. The molecule has 0 bridgehead atoms.